The predicted octanol–water partition coefficient (Wildman–Crippen LogP) is -1.34. The van der Waals surface area contributed by atoms with Gasteiger partial charge in [-0.25, -0.2) is 0 Å². The Morgan fingerprint density at radius 1 is 1.22 bits per heavy atom. The van der Waals surface area contributed by atoms with Crippen LogP contribution in [0, 0.1) is 6.92 Å². The van der Waals surface area contributed by atoms with E-state index in [4.69, 9.17) is 4.74 Å². The van der Waals surface area contributed by atoms with Crippen LogP contribution in [0.4, 0.5) is 0 Å². The Hall–Kier alpha value is -0.710. The van der Waals surface area contributed by atoms with Gasteiger partial charge in [-0.1, -0.05) is 29.8 Å². The van der Waals surface area contributed by atoms with E-state index in [1.54, 1.807) is 0 Å². The molecule has 0 unspecified atom stereocenters. The van der Waals surface area contributed by atoms with E-state index >= 15 is 0 Å². The summed E-state index contributed by atoms with van der Waals surface area (Å²) in [5.41, 5.74) is 2.01. The Kier molecular flexibility index (Phi) is 5.50. The summed E-state index contributed by atoms with van der Waals surface area (Å²) in [4.78, 5) is 12.2. The number of Topliss-reactive ketones (excluding diaryl/α,β-unsaturated/α-hetero) is 1. The number of quaternary nitrogens is 1. The molecule has 0 aromatic heterocycles. The first kappa shape index (κ1) is 15.3. The Morgan fingerprint density at radius 3 is 2.33 bits per heavy atom. The average Bonchev–Trinajstić information content (AvgIpc) is 2.30. The Balaban J connectivity index is 0.00000162. The number of aryl methyl sites for hydroxylation is 1. The van der Waals surface area contributed by atoms with Crippen molar-refractivity contribution >= 4 is 5.78 Å². The number of carbonyl (C=O) groups excluding carboxylic acids is 1. The van der Waals surface area contributed by atoms with Gasteiger partial charge in [0.1, 0.15) is 19.6 Å². The van der Waals surface area contributed by atoms with E-state index in [0.29, 0.717) is 6.54 Å². The van der Waals surface area contributed by atoms with Gasteiger partial charge in [-0.05, 0) is 6.92 Å². The second-order valence-electron chi connectivity index (χ2n) is 5.13. The van der Waals surface area contributed by atoms with Gasteiger partial charge in [-0.15, -0.1) is 0 Å². The van der Waals surface area contributed by atoms with Crippen LogP contribution in [0.2, 0.25) is 0 Å². The van der Waals surface area contributed by atoms with Gasteiger partial charge in [0.2, 0.25) is 5.78 Å². The van der Waals surface area contributed by atoms with Gasteiger partial charge in [0.25, 0.3) is 0 Å². The van der Waals surface area contributed by atoms with Crippen LogP contribution >= 0.6 is 0 Å². The van der Waals surface area contributed by atoms with Crippen molar-refractivity contribution in [3.05, 3.63) is 35.4 Å². The lowest BCUT2D eigenvalue weighted by atomic mass is 10.1. The zero-order valence-electron chi connectivity index (χ0n) is 11.0. The first-order valence-corrected chi connectivity index (χ1v) is 6.10. The van der Waals surface area contributed by atoms with Crippen LogP contribution in [0.1, 0.15) is 15.9 Å². The zero-order chi connectivity index (χ0) is 12.3. The molecule has 1 aromatic rings. The molecule has 0 bridgehead atoms. The second-order valence-corrected chi connectivity index (χ2v) is 5.13. The molecule has 1 saturated heterocycles. The monoisotopic (exact) mass is 313 g/mol. The maximum absolute atomic E-state index is 12.2. The van der Waals surface area contributed by atoms with Crippen LogP contribution in [-0.2, 0) is 4.74 Å². The second kappa shape index (κ2) is 6.45. The third kappa shape index (κ3) is 3.90. The number of hydrogen-bond donors (Lipinski definition) is 0. The number of carbonyl (C=O) groups is 1. The molecular weight excluding hydrogens is 294 g/mol. The molecule has 0 saturated carbocycles. The first-order valence-electron chi connectivity index (χ1n) is 6.10. The SMILES string of the molecule is Cc1ccc(C(=O)C[N+]2(C)CCOCC2)cc1.[Br-]. The van der Waals surface area contributed by atoms with E-state index in [1.807, 2.05) is 31.2 Å². The van der Waals surface area contributed by atoms with Crippen molar-refractivity contribution in [2.75, 3.05) is 39.9 Å². The largest absolute Gasteiger partial charge is 1.00 e. The Bertz CT molecular complexity index is 397. The van der Waals surface area contributed by atoms with Gasteiger partial charge in [0, 0.05) is 5.56 Å². The van der Waals surface area contributed by atoms with Gasteiger partial charge in [0.05, 0.1) is 20.3 Å². The lowest BCUT2D eigenvalue weighted by Gasteiger charge is -2.36. The first-order chi connectivity index (χ1) is 8.09. The summed E-state index contributed by atoms with van der Waals surface area (Å²) in [6.07, 6.45) is 0. The smallest absolute Gasteiger partial charge is 0.216 e. The average molecular weight is 314 g/mol. The molecule has 0 aliphatic carbocycles. The van der Waals surface area contributed by atoms with E-state index in [9.17, 15) is 4.79 Å². The van der Waals surface area contributed by atoms with E-state index in [0.717, 1.165) is 36.3 Å². The summed E-state index contributed by atoms with van der Waals surface area (Å²) >= 11 is 0. The Labute approximate surface area is 119 Å². The highest BCUT2D eigenvalue weighted by Gasteiger charge is 2.28. The number of ketones is 1. The molecule has 0 N–H and O–H groups in total. The molecule has 1 aromatic carbocycles. The fourth-order valence-corrected chi connectivity index (χ4v) is 2.12. The summed E-state index contributed by atoms with van der Waals surface area (Å²) in [5, 5.41) is 0. The number of hydrogen-bond acceptors (Lipinski definition) is 2. The van der Waals surface area contributed by atoms with Crippen LogP contribution in [0.15, 0.2) is 24.3 Å². The molecule has 0 atom stereocenters. The van der Waals surface area contributed by atoms with Gasteiger partial charge >= 0.3 is 0 Å². The number of halogens is 1. The summed E-state index contributed by atoms with van der Waals surface area (Å²) in [6.45, 7) is 5.99. The lowest BCUT2D eigenvalue weighted by Crippen LogP contribution is -3.00. The zero-order valence-corrected chi connectivity index (χ0v) is 12.6. The van der Waals surface area contributed by atoms with E-state index in [-0.39, 0.29) is 22.8 Å². The van der Waals surface area contributed by atoms with Gasteiger partial charge < -0.3 is 26.2 Å². The third-order valence-corrected chi connectivity index (χ3v) is 3.45. The van der Waals surface area contributed by atoms with Crippen molar-refractivity contribution < 1.29 is 31.0 Å². The van der Waals surface area contributed by atoms with Crippen molar-refractivity contribution in [1.82, 2.24) is 0 Å². The highest BCUT2D eigenvalue weighted by molar-refractivity contribution is 5.97. The minimum Gasteiger partial charge on any atom is -1.00 e. The molecule has 1 aliphatic heterocycles. The van der Waals surface area contributed by atoms with E-state index in [1.165, 1.54) is 5.56 Å². The fourth-order valence-electron chi connectivity index (χ4n) is 2.12. The van der Waals surface area contributed by atoms with Crippen molar-refractivity contribution in [3.8, 4) is 0 Å². The molecule has 0 spiro atoms. The van der Waals surface area contributed by atoms with Gasteiger partial charge in [-0.2, -0.15) is 0 Å². The van der Waals surface area contributed by atoms with Crippen LogP contribution in [-0.4, -0.2) is 50.2 Å². The molecule has 4 heteroatoms. The minimum absolute atomic E-state index is 0. The molecule has 0 amide bonds. The van der Waals surface area contributed by atoms with Crippen molar-refractivity contribution in [3.63, 3.8) is 0 Å². The highest BCUT2D eigenvalue weighted by Crippen LogP contribution is 2.11. The van der Waals surface area contributed by atoms with Crippen LogP contribution in [0.5, 0.6) is 0 Å². The van der Waals surface area contributed by atoms with E-state index < -0.39 is 0 Å². The summed E-state index contributed by atoms with van der Waals surface area (Å²) in [5.74, 6) is 0.231. The molecule has 100 valence electrons. The Morgan fingerprint density at radius 2 is 1.78 bits per heavy atom. The van der Waals surface area contributed by atoms with Gasteiger partial charge in [0.15, 0.2) is 0 Å². The summed E-state index contributed by atoms with van der Waals surface area (Å²) in [7, 11) is 2.13. The normalized spacial score (nSPS) is 17.9. The number of rotatable bonds is 3. The predicted molar refractivity (Wildman–Crippen MR) is 67.1 cm³/mol. The standard InChI is InChI=1S/C14H20NO2.BrH/c1-12-3-5-13(6-4-12)14(16)11-15(2)7-9-17-10-8-15;/h3-6H,7-11H2,1-2H3;1H/q+1;/p-1. The quantitative estimate of drug-likeness (QED) is 0.510. The van der Waals surface area contributed by atoms with Crippen molar-refractivity contribution in [2.45, 2.75) is 6.92 Å². The minimum atomic E-state index is 0. The van der Waals surface area contributed by atoms with Crippen LogP contribution < -0.4 is 17.0 Å². The van der Waals surface area contributed by atoms with Crippen molar-refractivity contribution in [2.24, 2.45) is 0 Å². The van der Waals surface area contributed by atoms with Crippen molar-refractivity contribution in [1.29, 1.82) is 0 Å². The highest BCUT2D eigenvalue weighted by atomic mass is 79.9. The number of nitrogens with zero attached hydrogens (tertiary/aromatic N) is 1. The maximum Gasteiger partial charge on any atom is 0.216 e. The topological polar surface area (TPSA) is 26.3 Å². The molecule has 2 rings (SSSR count). The molecule has 1 fully saturated rings. The van der Waals surface area contributed by atoms with Gasteiger partial charge in [-0.3, -0.25) is 4.79 Å². The number of benzene rings is 1. The van der Waals surface area contributed by atoms with Crippen LogP contribution in [0.25, 0.3) is 0 Å². The molecule has 1 heterocycles. The molecule has 18 heavy (non-hydrogen) atoms. The molecule has 1 aliphatic rings. The fraction of sp³-hybridized carbons (Fsp3) is 0.500. The van der Waals surface area contributed by atoms with E-state index in [2.05, 4.69) is 7.05 Å². The summed E-state index contributed by atoms with van der Waals surface area (Å²) in [6, 6.07) is 7.83. The third-order valence-electron chi connectivity index (χ3n) is 3.45. The lowest BCUT2D eigenvalue weighted by molar-refractivity contribution is -0.908. The molecule has 0 radical (unpaired) electrons. The summed E-state index contributed by atoms with van der Waals surface area (Å²) < 4.78 is 6.14. The number of likely N-dealkylation sites (N-methyl/N-ethyl adjacent to an activating group) is 1. The molecule has 3 nitrogen and oxygen atoms in total. The number of morpholine rings is 1. The number of ether oxygens (including phenoxy) is 1. The maximum atomic E-state index is 12.2. The molecular formula is C14H20BrNO2. The van der Waals surface area contributed by atoms with Crippen LogP contribution in [0.3, 0.4) is 0 Å².